The molecule has 0 amide bonds. The monoisotopic (exact) mass is 361 g/mol. The van der Waals surface area contributed by atoms with E-state index >= 15 is 0 Å². The number of esters is 1. The molecule has 1 atom stereocenters. The number of ether oxygens (including phenoxy) is 1. The number of nitrogens with one attached hydrogen (secondary N) is 2. The van der Waals surface area contributed by atoms with Crippen molar-refractivity contribution >= 4 is 5.97 Å². The zero-order valence-corrected chi connectivity index (χ0v) is 16.4. The van der Waals surface area contributed by atoms with Crippen LogP contribution in [0.4, 0.5) is 0 Å². The molecule has 0 aliphatic carbocycles. The summed E-state index contributed by atoms with van der Waals surface area (Å²) >= 11 is 0. The third kappa shape index (κ3) is 5.39. The van der Waals surface area contributed by atoms with E-state index in [0.29, 0.717) is 18.5 Å². The molecule has 0 aliphatic heterocycles. The lowest BCUT2D eigenvalue weighted by molar-refractivity contribution is -0.152. The van der Waals surface area contributed by atoms with Crippen LogP contribution in [-0.4, -0.2) is 24.7 Å². The third-order valence-electron chi connectivity index (χ3n) is 4.83. The summed E-state index contributed by atoms with van der Waals surface area (Å²) in [6, 6.07) is 5.91. The van der Waals surface area contributed by atoms with Crippen LogP contribution in [0.1, 0.15) is 56.2 Å². The number of allylic oxidation sites excluding steroid dienone is 1. The number of carbonyl (C=O) groups is 1. The predicted octanol–water partition coefficient (Wildman–Crippen LogP) is 4.03. The molecule has 6 nitrogen and oxygen atoms in total. The number of hydrogen-bond acceptors (Lipinski definition) is 6. The second kappa shape index (κ2) is 10.1. The molecule has 0 aliphatic rings. The Morgan fingerprint density at radius 1 is 1.46 bits per heavy atom. The first-order valence-corrected chi connectivity index (χ1v) is 8.90. The van der Waals surface area contributed by atoms with Crippen LogP contribution in [-0.2, 0) is 16.1 Å². The van der Waals surface area contributed by atoms with Gasteiger partial charge < -0.3 is 15.2 Å². The fraction of sp³-hybridized carbons (Fsp3) is 0.550. The number of aryl methyl sites for hydroxylation is 1. The quantitative estimate of drug-likeness (QED) is 0.433. The summed E-state index contributed by atoms with van der Waals surface area (Å²) in [5.41, 5.74) is 10.1. The fourth-order valence-corrected chi connectivity index (χ4v) is 3.10. The lowest BCUT2D eigenvalue weighted by atomic mass is 9.72. The predicted molar refractivity (Wildman–Crippen MR) is 102 cm³/mol. The van der Waals surface area contributed by atoms with Crippen LogP contribution in [0.2, 0.25) is 0 Å². The first-order chi connectivity index (χ1) is 12.3. The van der Waals surface area contributed by atoms with Gasteiger partial charge in [-0.05, 0) is 63.1 Å². The van der Waals surface area contributed by atoms with Crippen molar-refractivity contribution in [3.63, 3.8) is 0 Å². The van der Waals surface area contributed by atoms with Crippen molar-refractivity contribution in [3.8, 4) is 0 Å². The summed E-state index contributed by atoms with van der Waals surface area (Å²) in [5.74, 6) is -0.415. The van der Waals surface area contributed by atoms with Crippen LogP contribution in [0.25, 0.3) is 0 Å². The van der Waals surface area contributed by atoms with E-state index in [1.807, 2.05) is 45.9 Å². The van der Waals surface area contributed by atoms with E-state index in [-0.39, 0.29) is 18.5 Å². The standard InChI is InChI=1S/C20H31N3O3/c1-6-22-12-17(23-21)9-10-18(20(3,4)19(25)26-5)15-8-7-14(2)16(11-15)13-24/h7-8,11-12,18,21-22,24H,6,9-10,13H2,1-5H3/b17-12-,23-21?/t18-/m1/s1. The van der Waals surface area contributed by atoms with Crippen molar-refractivity contribution in [2.24, 2.45) is 10.5 Å². The van der Waals surface area contributed by atoms with Crippen molar-refractivity contribution < 1.29 is 14.6 Å². The molecule has 0 unspecified atom stereocenters. The normalized spacial score (nSPS) is 13.2. The Morgan fingerprint density at radius 3 is 2.69 bits per heavy atom. The Hall–Kier alpha value is -2.21. The van der Waals surface area contributed by atoms with Gasteiger partial charge in [0.2, 0.25) is 0 Å². The van der Waals surface area contributed by atoms with E-state index in [9.17, 15) is 9.90 Å². The number of carbonyl (C=O) groups excluding carboxylic acids is 1. The molecule has 0 heterocycles. The van der Waals surface area contributed by atoms with E-state index in [0.717, 1.165) is 23.2 Å². The minimum Gasteiger partial charge on any atom is -0.469 e. The molecule has 0 fully saturated rings. The smallest absolute Gasteiger partial charge is 0.311 e. The molecule has 0 aromatic heterocycles. The number of aliphatic hydroxyl groups excluding tert-OH is 1. The largest absolute Gasteiger partial charge is 0.469 e. The van der Waals surface area contributed by atoms with Gasteiger partial charge >= 0.3 is 5.97 Å². The summed E-state index contributed by atoms with van der Waals surface area (Å²) in [6.45, 7) is 8.38. The van der Waals surface area contributed by atoms with Gasteiger partial charge in [-0.1, -0.05) is 18.2 Å². The summed E-state index contributed by atoms with van der Waals surface area (Å²) < 4.78 is 5.02. The summed E-state index contributed by atoms with van der Waals surface area (Å²) in [6.07, 6.45) is 2.93. The minimum atomic E-state index is -0.748. The number of rotatable bonds is 10. The van der Waals surface area contributed by atoms with Gasteiger partial charge in [0.15, 0.2) is 0 Å². The highest BCUT2D eigenvalue weighted by Gasteiger charge is 2.38. The lowest BCUT2D eigenvalue weighted by Crippen LogP contribution is -2.33. The Bertz CT molecular complexity index is 654. The Labute approximate surface area is 156 Å². The molecule has 0 spiro atoms. The topological polar surface area (TPSA) is 94.8 Å². The number of methoxy groups -OCH3 is 1. The minimum absolute atomic E-state index is 0.0430. The van der Waals surface area contributed by atoms with Crippen molar-refractivity contribution in [3.05, 3.63) is 46.8 Å². The molecule has 26 heavy (non-hydrogen) atoms. The summed E-state index contributed by atoms with van der Waals surface area (Å²) in [5, 5.41) is 16.2. The molecular formula is C20H31N3O3. The number of benzene rings is 1. The number of aliphatic hydroxyl groups is 1. The van der Waals surface area contributed by atoms with Gasteiger partial charge in [-0.15, -0.1) is 0 Å². The maximum atomic E-state index is 12.4. The molecule has 3 N–H and O–H groups in total. The third-order valence-corrected chi connectivity index (χ3v) is 4.83. The van der Waals surface area contributed by atoms with Gasteiger partial charge in [-0.2, -0.15) is 5.11 Å². The van der Waals surface area contributed by atoms with Gasteiger partial charge in [0.25, 0.3) is 0 Å². The van der Waals surface area contributed by atoms with E-state index in [1.165, 1.54) is 7.11 Å². The van der Waals surface area contributed by atoms with Gasteiger partial charge in [0, 0.05) is 12.7 Å². The number of hydrogen-bond donors (Lipinski definition) is 3. The molecule has 0 radical (unpaired) electrons. The second-order valence-electron chi connectivity index (χ2n) is 6.95. The van der Waals surface area contributed by atoms with E-state index in [4.69, 9.17) is 10.3 Å². The molecule has 6 heteroatoms. The van der Waals surface area contributed by atoms with E-state index in [2.05, 4.69) is 10.4 Å². The van der Waals surface area contributed by atoms with Crippen LogP contribution < -0.4 is 5.32 Å². The number of nitrogens with zero attached hydrogens (tertiary/aromatic N) is 1. The first-order valence-electron chi connectivity index (χ1n) is 8.90. The second-order valence-corrected chi connectivity index (χ2v) is 6.95. The van der Waals surface area contributed by atoms with E-state index < -0.39 is 5.41 Å². The maximum Gasteiger partial charge on any atom is 0.311 e. The van der Waals surface area contributed by atoms with Crippen LogP contribution in [0.3, 0.4) is 0 Å². The maximum absolute atomic E-state index is 12.4. The summed E-state index contributed by atoms with van der Waals surface area (Å²) in [7, 11) is 1.39. The van der Waals surface area contributed by atoms with Crippen LogP contribution in [0.5, 0.6) is 0 Å². The highest BCUT2D eigenvalue weighted by atomic mass is 16.5. The van der Waals surface area contributed by atoms with Crippen molar-refractivity contribution in [1.82, 2.24) is 5.32 Å². The Balaban J connectivity index is 3.22. The molecule has 0 bridgehead atoms. The molecule has 0 saturated carbocycles. The highest BCUT2D eigenvalue weighted by Crippen LogP contribution is 2.41. The lowest BCUT2D eigenvalue weighted by Gasteiger charge is -2.32. The first kappa shape index (κ1) is 21.8. The average molecular weight is 361 g/mol. The zero-order chi connectivity index (χ0) is 19.7. The molecular weight excluding hydrogens is 330 g/mol. The summed E-state index contributed by atoms with van der Waals surface area (Å²) in [4.78, 5) is 12.4. The van der Waals surface area contributed by atoms with Crippen LogP contribution in [0.15, 0.2) is 35.2 Å². The van der Waals surface area contributed by atoms with Gasteiger partial charge in [-0.3, -0.25) is 4.79 Å². The molecule has 144 valence electrons. The van der Waals surface area contributed by atoms with Crippen molar-refractivity contribution in [2.45, 2.75) is 53.1 Å². The van der Waals surface area contributed by atoms with Gasteiger partial charge in [0.1, 0.15) is 0 Å². The Morgan fingerprint density at radius 2 is 2.15 bits per heavy atom. The van der Waals surface area contributed by atoms with Crippen molar-refractivity contribution in [2.75, 3.05) is 13.7 Å². The molecule has 1 rings (SSSR count). The SMILES string of the molecule is CCN/C=C(/CC[C@H](c1ccc(C)c(CO)c1)C(C)(C)C(=O)OC)N=N. The average Bonchev–Trinajstić information content (AvgIpc) is 2.64. The van der Waals surface area contributed by atoms with Crippen LogP contribution in [0, 0.1) is 17.9 Å². The van der Waals surface area contributed by atoms with Crippen molar-refractivity contribution in [1.29, 1.82) is 5.53 Å². The molecule has 0 saturated heterocycles. The van der Waals surface area contributed by atoms with Gasteiger partial charge in [-0.25, -0.2) is 5.53 Å². The van der Waals surface area contributed by atoms with Gasteiger partial charge in [0.05, 0.1) is 24.8 Å². The fourth-order valence-electron chi connectivity index (χ4n) is 3.10. The highest BCUT2D eigenvalue weighted by molar-refractivity contribution is 5.77. The zero-order valence-electron chi connectivity index (χ0n) is 16.4. The molecule has 1 aromatic carbocycles. The Kier molecular flexibility index (Phi) is 8.45. The molecule has 1 aromatic rings. The van der Waals surface area contributed by atoms with E-state index in [1.54, 1.807) is 6.20 Å². The van der Waals surface area contributed by atoms with Crippen LogP contribution >= 0.6 is 0 Å².